The average molecular weight is 204 g/mol. The smallest absolute Gasteiger partial charge is 0.0370 e. The van der Waals surface area contributed by atoms with Gasteiger partial charge in [-0.25, -0.2) is 0 Å². The third kappa shape index (κ3) is 2.25. The molecule has 1 N–H and O–H groups in total. The lowest BCUT2D eigenvalue weighted by Gasteiger charge is -2.29. The van der Waals surface area contributed by atoms with E-state index < -0.39 is 0 Å². The number of nitrogens with zero attached hydrogens (tertiary/aromatic N) is 1. The van der Waals surface area contributed by atoms with E-state index in [-0.39, 0.29) is 0 Å². The van der Waals surface area contributed by atoms with Crippen molar-refractivity contribution in [1.29, 1.82) is 0 Å². The fourth-order valence-corrected chi connectivity index (χ4v) is 2.28. The predicted octanol–water partition coefficient (Wildman–Crippen LogP) is 3.03. The van der Waals surface area contributed by atoms with E-state index in [1.54, 1.807) is 0 Å². The molecular formula is C13H20N2. The first kappa shape index (κ1) is 10.3. The summed E-state index contributed by atoms with van der Waals surface area (Å²) in [4.78, 5) is 2.50. The van der Waals surface area contributed by atoms with Gasteiger partial charge in [0.1, 0.15) is 0 Å². The quantitative estimate of drug-likeness (QED) is 0.796. The number of anilines is 2. The van der Waals surface area contributed by atoms with Crippen molar-refractivity contribution in [3.8, 4) is 0 Å². The average Bonchev–Trinajstić information content (AvgIpc) is 2.30. The van der Waals surface area contributed by atoms with Crippen LogP contribution in [0.25, 0.3) is 0 Å². The first-order chi connectivity index (χ1) is 7.31. The van der Waals surface area contributed by atoms with E-state index in [1.165, 1.54) is 49.3 Å². The molecule has 15 heavy (non-hydrogen) atoms. The van der Waals surface area contributed by atoms with Crippen LogP contribution in [-0.4, -0.2) is 20.1 Å². The summed E-state index contributed by atoms with van der Waals surface area (Å²) in [5.41, 5.74) is 3.95. The molecular weight excluding hydrogens is 184 g/mol. The van der Waals surface area contributed by atoms with Gasteiger partial charge in [-0.3, -0.25) is 0 Å². The van der Waals surface area contributed by atoms with Crippen molar-refractivity contribution >= 4 is 11.4 Å². The minimum absolute atomic E-state index is 1.22. The normalized spacial score (nSPS) is 16.5. The van der Waals surface area contributed by atoms with Crippen molar-refractivity contribution in [2.24, 2.45) is 0 Å². The molecule has 2 rings (SSSR count). The molecule has 0 saturated carbocycles. The van der Waals surface area contributed by atoms with Crippen LogP contribution in [0.4, 0.5) is 11.4 Å². The fraction of sp³-hybridized carbons (Fsp3) is 0.538. The van der Waals surface area contributed by atoms with Gasteiger partial charge < -0.3 is 10.2 Å². The molecule has 2 nitrogen and oxygen atoms in total. The lowest BCUT2D eigenvalue weighted by molar-refractivity contribution is 0.578. The first-order valence-electron chi connectivity index (χ1n) is 5.84. The molecule has 2 heteroatoms. The van der Waals surface area contributed by atoms with Crippen LogP contribution in [-0.2, 0) is 0 Å². The van der Waals surface area contributed by atoms with Crippen molar-refractivity contribution in [1.82, 2.24) is 0 Å². The number of aryl methyl sites for hydroxylation is 1. The second kappa shape index (κ2) is 4.56. The van der Waals surface area contributed by atoms with Crippen LogP contribution >= 0.6 is 0 Å². The van der Waals surface area contributed by atoms with Crippen molar-refractivity contribution in [3.63, 3.8) is 0 Å². The Labute approximate surface area is 92.3 Å². The van der Waals surface area contributed by atoms with Gasteiger partial charge in [-0.15, -0.1) is 0 Å². The summed E-state index contributed by atoms with van der Waals surface area (Å²) in [6, 6.07) is 6.70. The van der Waals surface area contributed by atoms with Crippen molar-refractivity contribution in [3.05, 3.63) is 23.8 Å². The van der Waals surface area contributed by atoms with Gasteiger partial charge in [0.05, 0.1) is 0 Å². The minimum atomic E-state index is 1.22. The van der Waals surface area contributed by atoms with E-state index in [4.69, 9.17) is 0 Å². The van der Waals surface area contributed by atoms with Crippen molar-refractivity contribution < 1.29 is 0 Å². The lowest BCUT2D eigenvalue weighted by atomic mass is 10.1. The first-order valence-corrected chi connectivity index (χ1v) is 5.84. The van der Waals surface area contributed by atoms with E-state index in [0.717, 1.165) is 0 Å². The third-order valence-electron chi connectivity index (χ3n) is 3.20. The third-order valence-corrected chi connectivity index (χ3v) is 3.20. The van der Waals surface area contributed by atoms with Crippen LogP contribution in [0, 0.1) is 6.92 Å². The highest BCUT2D eigenvalue weighted by Crippen LogP contribution is 2.24. The zero-order valence-corrected chi connectivity index (χ0v) is 9.71. The highest BCUT2D eigenvalue weighted by Gasteiger charge is 2.11. The van der Waals surface area contributed by atoms with E-state index in [1.807, 2.05) is 7.05 Å². The predicted molar refractivity (Wildman–Crippen MR) is 66.8 cm³/mol. The minimum Gasteiger partial charge on any atom is -0.388 e. The second-order valence-electron chi connectivity index (χ2n) is 4.30. The fourth-order valence-electron chi connectivity index (χ4n) is 2.28. The molecule has 1 aliphatic rings. The summed E-state index contributed by atoms with van der Waals surface area (Å²) in [5.74, 6) is 0. The number of hydrogen-bond acceptors (Lipinski definition) is 2. The molecule has 0 spiro atoms. The number of piperidine rings is 1. The Morgan fingerprint density at radius 2 is 1.87 bits per heavy atom. The summed E-state index contributed by atoms with van der Waals surface area (Å²) in [6.45, 7) is 4.61. The SMILES string of the molecule is CNc1ccc(N2CCCCC2)cc1C. The highest BCUT2D eigenvalue weighted by molar-refractivity contribution is 5.60. The van der Waals surface area contributed by atoms with Crippen LogP contribution in [0.3, 0.4) is 0 Å². The Morgan fingerprint density at radius 1 is 1.13 bits per heavy atom. The summed E-state index contributed by atoms with van der Waals surface area (Å²) in [5, 5.41) is 3.21. The molecule has 1 fully saturated rings. The molecule has 0 aliphatic carbocycles. The molecule has 0 radical (unpaired) electrons. The second-order valence-corrected chi connectivity index (χ2v) is 4.30. The molecule has 0 aromatic heterocycles. The summed E-state index contributed by atoms with van der Waals surface area (Å²) in [6.07, 6.45) is 4.07. The van der Waals surface area contributed by atoms with Gasteiger partial charge in [0.2, 0.25) is 0 Å². The van der Waals surface area contributed by atoms with Gasteiger partial charge in [0, 0.05) is 31.5 Å². The number of hydrogen-bond donors (Lipinski definition) is 1. The summed E-state index contributed by atoms with van der Waals surface area (Å²) in [7, 11) is 1.98. The number of benzene rings is 1. The Balaban J connectivity index is 2.17. The lowest BCUT2D eigenvalue weighted by Crippen LogP contribution is -2.29. The topological polar surface area (TPSA) is 15.3 Å². The zero-order valence-electron chi connectivity index (χ0n) is 9.71. The Hall–Kier alpha value is -1.18. The largest absolute Gasteiger partial charge is 0.388 e. The van der Waals surface area contributed by atoms with Gasteiger partial charge in [-0.2, -0.15) is 0 Å². The molecule has 82 valence electrons. The molecule has 0 unspecified atom stereocenters. The molecule has 0 bridgehead atoms. The monoisotopic (exact) mass is 204 g/mol. The Kier molecular flexibility index (Phi) is 3.14. The highest BCUT2D eigenvalue weighted by atomic mass is 15.1. The summed E-state index contributed by atoms with van der Waals surface area (Å²) >= 11 is 0. The van der Waals surface area contributed by atoms with E-state index in [9.17, 15) is 0 Å². The molecule has 1 aromatic carbocycles. The molecule has 1 aliphatic heterocycles. The molecule has 1 heterocycles. The van der Waals surface area contributed by atoms with Gasteiger partial charge >= 0.3 is 0 Å². The van der Waals surface area contributed by atoms with Gasteiger partial charge in [-0.1, -0.05) is 0 Å². The molecule has 0 amide bonds. The van der Waals surface area contributed by atoms with E-state index >= 15 is 0 Å². The van der Waals surface area contributed by atoms with Crippen LogP contribution in [0.5, 0.6) is 0 Å². The number of rotatable bonds is 2. The maximum atomic E-state index is 3.21. The standard InChI is InChI=1S/C13H20N2/c1-11-10-12(6-7-13(11)14-2)15-8-4-3-5-9-15/h6-7,10,14H,3-5,8-9H2,1-2H3. The van der Waals surface area contributed by atoms with Crippen LogP contribution in [0.1, 0.15) is 24.8 Å². The Morgan fingerprint density at radius 3 is 2.47 bits per heavy atom. The molecule has 1 aromatic rings. The Bertz CT molecular complexity index is 327. The number of nitrogens with one attached hydrogen (secondary N) is 1. The van der Waals surface area contributed by atoms with Crippen molar-refractivity contribution in [2.45, 2.75) is 26.2 Å². The van der Waals surface area contributed by atoms with E-state index in [0.29, 0.717) is 0 Å². The van der Waals surface area contributed by atoms with Gasteiger partial charge in [-0.05, 0) is 49.9 Å². The molecule has 0 atom stereocenters. The maximum absolute atomic E-state index is 3.21. The zero-order chi connectivity index (χ0) is 10.7. The van der Waals surface area contributed by atoms with Crippen LogP contribution < -0.4 is 10.2 Å². The molecule has 1 saturated heterocycles. The van der Waals surface area contributed by atoms with Crippen molar-refractivity contribution in [2.75, 3.05) is 30.4 Å². The van der Waals surface area contributed by atoms with Gasteiger partial charge in [0.25, 0.3) is 0 Å². The maximum Gasteiger partial charge on any atom is 0.0370 e. The van der Waals surface area contributed by atoms with Crippen LogP contribution in [0.2, 0.25) is 0 Å². The van der Waals surface area contributed by atoms with E-state index in [2.05, 4.69) is 35.3 Å². The summed E-state index contributed by atoms with van der Waals surface area (Å²) < 4.78 is 0. The van der Waals surface area contributed by atoms with Gasteiger partial charge in [0.15, 0.2) is 0 Å². The van der Waals surface area contributed by atoms with Crippen LogP contribution in [0.15, 0.2) is 18.2 Å².